The lowest BCUT2D eigenvalue weighted by Crippen LogP contribution is -2.44. The molecule has 6 heteroatoms. The number of hydrogen-bond acceptors (Lipinski definition) is 4. The van der Waals surface area contributed by atoms with Gasteiger partial charge < -0.3 is 14.8 Å². The highest BCUT2D eigenvalue weighted by Crippen LogP contribution is 2.35. The molecular formula is C14H17BrN2O3. The monoisotopic (exact) mass is 340 g/mol. The summed E-state index contributed by atoms with van der Waals surface area (Å²) in [5, 5.41) is 3.04. The molecule has 1 spiro atoms. The molecule has 2 aliphatic rings. The van der Waals surface area contributed by atoms with Crippen molar-refractivity contribution in [2.45, 2.75) is 37.5 Å². The Kier molecular flexibility index (Phi) is 4.05. The van der Waals surface area contributed by atoms with Crippen LogP contribution in [0.5, 0.6) is 0 Å². The van der Waals surface area contributed by atoms with E-state index in [0.29, 0.717) is 23.4 Å². The van der Waals surface area contributed by atoms with Gasteiger partial charge in [0.05, 0.1) is 13.2 Å². The highest BCUT2D eigenvalue weighted by molar-refractivity contribution is 9.10. The highest BCUT2D eigenvalue weighted by Gasteiger charge is 2.40. The lowest BCUT2D eigenvalue weighted by Gasteiger charge is -2.35. The average Bonchev–Trinajstić information content (AvgIpc) is 2.90. The van der Waals surface area contributed by atoms with E-state index in [-0.39, 0.29) is 17.7 Å². The summed E-state index contributed by atoms with van der Waals surface area (Å²) in [5.41, 5.74) is 0.432. The van der Waals surface area contributed by atoms with Crippen molar-refractivity contribution in [3.63, 3.8) is 0 Å². The van der Waals surface area contributed by atoms with Crippen LogP contribution in [-0.2, 0) is 9.47 Å². The van der Waals surface area contributed by atoms with E-state index in [4.69, 9.17) is 9.47 Å². The summed E-state index contributed by atoms with van der Waals surface area (Å²) < 4.78 is 12.1. The van der Waals surface area contributed by atoms with Gasteiger partial charge in [-0.2, -0.15) is 0 Å². The van der Waals surface area contributed by atoms with Gasteiger partial charge in [-0.05, 0) is 40.9 Å². The second-order valence-corrected chi connectivity index (χ2v) is 6.04. The summed E-state index contributed by atoms with van der Waals surface area (Å²) in [5.74, 6) is -0.515. The first-order chi connectivity index (χ1) is 9.69. The van der Waals surface area contributed by atoms with Crippen molar-refractivity contribution in [1.82, 2.24) is 10.3 Å². The van der Waals surface area contributed by atoms with Gasteiger partial charge in [-0.25, -0.2) is 4.98 Å². The van der Waals surface area contributed by atoms with Gasteiger partial charge in [0, 0.05) is 29.6 Å². The zero-order chi connectivity index (χ0) is 14.0. The number of aromatic nitrogens is 1. The minimum Gasteiger partial charge on any atom is -0.348 e. The SMILES string of the molecule is O=C(NC1CCC2(CC1)OCCO2)c1ncccc1Br. The minimum absolute atomic E-state index is 0.133. The number of carbonyl (C=O) groups is 1. The lowest BCUT2D eigenvalue weighted by atomic mass is 9.90. The summed E-state index contributed by atoms with van der Waals surface area (Å²) in [4.78, 5) is 16.3. The van der Waals surface area contributed by atoms with E-state index in [1.165, 1.54) is 0 Å². The molecule has 2 fully saturated rings. The van der Waals surface area contributed by atoms with E-state index >= 15 is 0 Å². The first kappa shape index (κ1) is 14.0. The molecule has 5 nitrogen and oxygen atoms in total. The number of ether oxygens (including phenoxy) is 2. The Morgan fingerprint density at radius 1 is 1.35 bits per heavy atom. The predicted molar refractivity (Wildman–Crippen MR) is 76.3 cm³/mol. The van der Waals surface area contributed by atoms with Crippen molar-refractivity contribution < 1.29 is 14.3 Å². The minimum atomic E-state index is -0.382. The molecule has 1 aliphatic carbocycles. The van der Waals surface area contributed by atoms with Gasteiger partial charge in [-0.15, -0.1) is 0 Å². The van der Waals surface area contributed by atoms with Crippen molar-refractivity contribution in [3.8, 4) is 0 Å². The molecule has 1 aromatic rings. The number of nitrogens with one attached hydrogen (secondary N) is 1. The van der Waals surface area contributed by atoms with Crippen molar-refractivity contribution >= 4 is 21.8 Å². The maximum absolute atomic E-state index is 12.2. The quantitative estimate of drug-likeness (QED) is 0.896. The topological polar surface area (TPSA) is 60.5 Å². The fourth-order valence-electron chi connectivity index (χ4n) is 2.79. The Balaban J connectivity index is 1.57. The van der Waals surface area contributed by atoms with Crippen LogP contribution in [0, 0.1) is 0 Å². The molecule has 1 saturated carbocycles. The van der Waals surface area contributed by atoms with Crippen LogP contribution in [0.15, 0.2) is 22.8 Å². The number of nitrogens with zero attached hydrogens (tertiary/aromatic N) is 1. The largest absolute Gasteiger partial charge is 0.348 e. The number of pyridine rings is 1. The fourth-order valence-corrected chi connectivity index (χ4v) is 3.23. The zero-order valence-corrected chi connectivity index (χ0v) is 12.7. The first-order valence-corrected chi connectivity index (χ1v) is 7.67. The van der Waals surface area contributed by atoms with Crippen molar-refractivity contribution in [2.75, 3.05) is 13.2 Å². The molecule has 0 atom stereocenters. The van der Waals surface area contributed by atoms with Gasteiger partial charge in [0.2, 0.25) is 0 Å². The molecule has 20 heavy (non-hydrogen) atoms. The molecule has 2 heterocycles. The lowest BCUT2D eigenvalue weighted by molar-refractivity contribution is -0.179. The van der Waals surface area contributed by atoms with E-state index in [1.807, 2.05) is 6.07 Å². The Morgan fingerprint density at radius 3 is 2.70 bits per heavy atom. The number of rotatable bonds is 2. The zero-order valence-electron chi connectivity index (χ0n) is 11.1. The van der Waals surface area contributed by atoms with Crippen LogP contribution >= 0.6 is 15.9 Å². The molecule has 0 bridgehead atoms. The van der Waals surface area contributed by atoms with Crippen LogP contribution < -0.4 is 5.32 Å². The Morgan fingerprint density at radius 2 is 2.05 bits per heavy atom. The molecule has 3 rings (SSSR count). The fraction of sp³-hybridized carbons (Fsp3) is 0.571. The van der Waals surface area contributed by atoms with Crippen molar-refractivity contribution in [2.24, 2.45) is 0 Å². The van der Waals surface area contributed by atoms with E-state index in [1.54, 1.807) is 12.3 Å². The molecule has 0 radical (unpaired) electrons. The third-order valence-electron chi connectivity index (χ3n) is 3.87. The van der Waals surface area contributed by atoms with Crippen LogP contribution in [0.4, 0.5) is 0 Å². The smallest absolute Gasteiger partial charge is 0.271 e. The maximum Gasteiger partial charge on any atom is 0.271 e. The van der Waals surface area contributed by atoms with Crippen LogP contribution in [0.3, 0.4) is 0 Å². The summed E-state index contributed by atoms with van der Waals surface area (Å²) in [6.07, 6.45) is 5.03. The molecule has 108 valence electrons. The number of halogens is 1. The molecule has 1 saturated heterocycles. The molecule has 1 aliphatic heterocycles. The summed E-state index contributed by atoms with van der Waals surface area (Å²) >= 11 is 3.35. The Labute approximate surface area is 126 Å². The van der Waals surface area contributed by atoms with Gasteiger partial charge in [0.25, 0.3) is 5.91 Å². The third-order valence-corrected chi connectivity index (χ3v) is 4.51. The van der Waals surface area contributed by atoms with E-state index in [9.17, 15) is 4.79 Å². The number of hydrogen-bond donors (Lipinski definition) is 1. The van der Waals surface area contributed by atoms with Crippen LogP contribution in [-0.4, -0.2) is 35.9 Å². The molecule has 1 aromatic heterocycles. The van der Waals surface area contributed by atoms with Crippen molar-refractivity contribution in [1.29, 1.82) is 0 Å². The standard InChI is InChI=1S/C14H17BrN2O3/c15-11-2-1-7-16-12(11)13(18)17-10-3-5-14(6-4-10)19-8-9-20-14/h1-2,7,10H,3-6,8-9H2,(H,17,18). The van der Waals surface area contributed by atoms with E-state index < -0.39 is 0 Å². The van der Waals surface area contributed by atoms with E-state index in [0.717, 1.165) is 25.7 Å². The molecule has 0 aromatic carbocycles. The average molecular weight is 341 g/mol. The predicted octanol–water partition coefficient (Wildman–Crippen LogP) is 2.26. The van der Waals surface area contributed by atoms with Gasteiger partial charge in [0.15, 0.2) is 5.79 Å². The van der Waals surface area contributed by atoms with Gasteiger partial charge in [-0.1, -0.05) is 0 Å². The Hall–Kier alpha value is -0.980. The molecule has 1 N–H and O–H groups in total. The first-order valence-electron chi connectivity index (χ1n) is 6.88. The van der Waals surface area contributed by atoms with Gasteiger partial charge >= 0.3 is 0 Å². The summed E-state index contributed by atoms with van der Waals surface area (Å²) in [7, 11) is 0. The third kappa shape index (κ3) is 2.87. The number of carbonyl (C=O) groups excluding carboxylic acids is 1. The molecular weight excluding hydrogens is 324 g/mol. The van der Waals surface area contributed by atoms with Crippen LogP contribution in [0.25, 0.3) is 0 Å². The second-order valence-electron chi connectivity index (χ2n) is 5.19. The van der Waals surface area contributed by atoms with Crippen LogP contribution in [0.1, 0.15) is 36.2 Å². The second kappa shape index (κ2) is 5.79. The van der Waals surface area contributed by atoms with Gasteiger partial charge in [-0.3, -0.25) is 4.79 Å². The number of amides is 1. The van der Waals surface area contributed by atoms with E-state index in [2.05, 4.69) is 26.2 Å². The normalized spacial score (nSPS) is 22.1. The summed E-state index contributed by atoms with van der Waals surface area (Å²) in [6.45, 7) is 1.36. The van der Waals surface area contributed by atoms with Crippen molar-refractivity contribution in [3.05, 3.63) is 28.5 Å². The molecule has 1 amide bonds. The molecule has 0 unspecified atom stereocenters. The maximum atomic E-state index is 12.2. The Bertz CT molecular complexity index is 493. The highest BCUT2D eigenvalue weighted by atomic mass is 79.9. The summed E-state index contributed by atoms with van der Waals surface area (Å²) in [6, 6.07) is 3.77. The van der Waals surface area contributed by atoms with Crippen LogP contribution in [0.2, 0.25) is 0 Å². The van der Waals surface area contributed by atoms with Gasteiger partial charge in [0.1, 0.15) is 5.69 Å².